The molecule has 1 aliphatic carbocycles. The molecule has 1 aromatic rings. The van der Waals surface area contributed by atoms with E-state index in [9.17, 15) is 14.0 Å². The Balaban J connectivity index is 1.90. The Kier molecular flexibility index (Phi) is 3.89. The Morgan fingerprint density at radius 1 is 1.42 bits per heavy atom. The van der Waals surface area contributed by atoms with Crippen LogP contribution in [0.15, 0.2) is 22.7 Å². The number of carboxylic acids is 1. The number of nitrogens with one attached hydrogen (secondary N) is 1. The zero-order valence-electron chi connectivity index (χ0n) is 10.1. The molecule has 0 bridgehead atoms. The molecule has 0 radical (unpaired) electrons. The minimum atomic E-state index is -1.06. The van der Waals surface area contributed by atoms with E-state index in [4.69, 9.17) is 5.11 Å². The van der Waals surface area contributed by atoms with Gasteiger partial charge in [0.15, 0.2) is 0 Å². The Morgan fingerprint density at radius 2 is 2.11 bits per heavy atom. The highest BCUT2D eigenvalue weighted by Gasteiger charge is 2.51. The van der Waals surface area contributed by atoms with Gasteiger partial charge < -0.3 is 10.4 Å². The average molecular weight is 330 g/mol. The monoisotopic (exact) mass is 329 g/mol. The molecular weight excluding hydrogens is 317 g/mol. The molecule has 2 rings (SSSR count). The molecule has 19 heavy (non-hydrogen) atoms. The van der Waals surface area contributed by atoms with Gasteiger partial charge in [-0.1, -0.05) is 15.9 Å². The largest absolute Gasteiger partial charge is 0.480 e. The first-order valence-corrected chi connectivity index (χ1v) is 6.71. The highest BCUT2D eigenvalue weighted by atomic mass is 79.9. The van der Waals surface area contributed by atoms with E-state index in [0.29, 0.717) is 24.8 Å². The van der Waals surface area contributed by atoms with Gasteiger partial charge in [-0.3, -0.25) is 4.79 Å². The standard InChI is InChI=1S/C13H13BrFNO3/c14-10-3-2-9(15)7-8(10)1-4-11(17)16-13(5-6-13)12(18)19/h2-3,7H,1,4-6H2,(H,16,17)(H,18,19). The van der Waals surface area contributed by atoms with Gasteiger partial charge in [-0.2, -0.15) is 0 Å². The molecule has 0 heterocycles. The number of carbonyl (C=O) groups excluding carboxylic acids is 1. The van der Waals surface area contributed by atoms with Gasteiger partial charge in [-0.15, -0.1) is 0 Å². The molecule has 1 amide bonds. The second-order valence-electron chi connectivity index (χ2n) is 4.67. The van der Waals surface area contributed by atoms with E-state index in [1.165, 1.54) is 12.1 Å². The van der Waals surface area contributed by atoms with Crippen molar-refractivity contribution in [1.82, 2.24) is 5.32 Å². The molecule has 0 aromatic heterocycles. The van der Waals surface area contributed by atoms with Crippen molar-refractivity contribution >= 4 is 27.8 Å². The lowest BCUT2D eigenvalue weighted by atomic mass is 10.1. The smallest absolute Gasteiger partial charge is 0.329 e. The SMILES string of the molecule is O=C(CCc1cc(F)ccc1Br)NC1(C(=O)O)CC1. The highest BCUT2D eigenvalue weighted by Crippen LogP contribution is 2.35. The van der Waals surface area contributed by atoms with Crippen LogP contribution in [0.3, 0.4) is 0 Å². The van der Waals surface area contributed by atoms with Crippen molar-refractivity contribution in [2.24, 2.45) is 0 Å². The van der Waals surface area contributed by atoms with Crippen LogP contribution in [0.25, 0.3) is 0 Å². The highest BCUT2D eigenvalue weighted by molar-refractivity contribution is 9.10. The van der Waals surface area contributed by atoms with E-state index in [1.807, 2.05) is 0 Å². The van der Waals surface area contributed by atoms with E-state index in [-0.39, 0.29) is 18.1 Å². The quantitative estimate of drug-likeness (QED) is 0.870. The summed E-state index contributed by atoms with van der Waals surface area (Å²) < 4.78 is 13.8. The molecule has 0 aliphatic heterocycles. The predicted molar refractivity (Wildman–Crippen MR) is 70.2 cm³/mol. The fourth-order valence-corrected chi connectivity index (χ4v) is 2.27. The van der Waals surface area contributed by atoms with Crippen molar-refractivity contribution in [2.75, 3.05) is 0 Å². The van der Waals surface area contributed by atoms with Crippen LogP contribution >= 0.6 is 15.9 Å². The van der Waals surface area contributed by atoms with E-state index in [2.05, 4.69) is 21.2 Å². The minimum absolute atomic E-state index is 0.136. The predicted octanol–water partition coefficient (Wildman–Crippen LogP) is 2.25. The van der Waals surface area contributed by atoms with Crippen molar-refractivity contribution in [3.63, 3.8) is 0 Å². The second kappa shape index (κ2) is 5.28. The summed E-state index contributed by atoms with van der Waals surface area (Å²) in [6.45, 7) is 0. The Bertz CT molecular complexity index is 529. The van der Waals surface area contributed by atoms with Crippen molar-refractivity contribution in [3.05, 3.63) is 34.1 Å². The van der Waals surface area contributed by atoms with Crippen molar-refractivity contribution in [2.45, 2.75) is 31.2 Å². The molecule has 0 saturated heterocycles. The zero-order chi connectivity index (χ0) is 14.0. The van der Waals surface area contributed by atoms with Gasteiger partial charge in [0.05, 0.1) is 0 Å². The summed E-state index contributed by atoms with van der Waals surface area (Å²) in [5.41, 5.74) is -0.369. The summed E-state index contributed by atoms with van der Waals surface area (Å²) in [6, 6.07) is 4.28. The van der Waals surface area contributed by atoms with Gasteiger partial charge in [-0.25, -0.2) is 9.18 Å². The van der Waals surface area contributed by atoms with E-state index >= 15 is 0 Å². The molecule has 102 valence electrons. The van der Waals surface area contributed by atoms with Gasteiger partial charge in [0.25, 0.3) is 0 Å². The molecule has 2 N–H and O–H groups in total. The minimum Gasteiger partial charge on any atom is -0.480 e. The number of hydrogen-bond acceptors (Lipinski definition) is 2. The van der Waals surface area contributed by atoms with Crippen LogP contribution in [-0.2, 0) is 16.0 Å². The summed E-state index contributed by atoms with van der Waals surface area (Å²) >= 11 is 3.29. The first-order valence-electron chi connectivity index (χ1n) is 5.91. The fourth-order valence-electron chi connectivity index (χ4n) is 1.83. The normalized spacial score (nSPS) is 15.9. The molecule has 0 spiro atoms. The van der Waals surface area contributed by atoms with Crippen LogP contribution in [0.2, 0.25) is 0 Å². The summed E-state index contributed by atoms with van der Waals surface area (Å²) in [5.74, 6) is -1.67. The number of aryl methyl sites for hydroxylation is 1. The van der Waals surface area contributed by atoms with Gasteiger partial charge in [0.1, 0.15) is 11.4 Å². The number of amides is 1. The van der Waals surface area contributed by atoms with Crippen LogP contribution < -0.4 is 5.32 Å². The summed E-state index contributed by atoms with van der Waals surface area (Å²) in [5, 5.41) is 11.5. The Morgan fingerprint density at radius 3 is 2.68 bits per heavy atom. The zero-order valence-corrected chi connectivity index (χ0v) is 11.7. The summed E-state index contributed by atoms with van der Waals surface area (Å²) in [6.07, 6.45) is 1.44. The molecule has 1 aliphatic rings. The fraction of sp³-hybridized carbons (Fsp3) is 0.385. The number of carbonyl (C=O) groups is 2. The third-order valence-electron chi connectivity index (χ3n) is 3.17. The first kappa shape index (κ1) is 14.0. The molecule has 4 nitrogen and oxygen atoms in total. The molecule has 1 aromatic carbocycles. The van der Waals surface area contributed by atoms with E-state index in [0.717, 1.165) is 4.47 Å². The van der Waals surface area contributed by atoms with Crippen LogP contribution in [0.1, 0.15) is 24.8 Å². The first-order chi connectivity index (χ1) is 8.93. The Hall–Kier alpha value is -1.43. The van der Waals surface area contributed by atoms with Gasteiger partial charge >= 0.3 is 5.97 Å². The third-order valence-corrected chi connectivity index (χ3v) is 3.94. The number of aliphatic carboxylic acids is 1. The van der Waals surface area contributed by atoms with Crippen LogP contribution in [0.5, 0.6) is 0 Å². The maximum Gasteiger partial charge on any atom is 0.329 e. The third kappa shape index (κ3) is 3.32. The molecule has 0 unspecified atom stereocenters. The van der Waals surface area contributed by atoms with Gasteiger partial charge in [0.2, 0.25) is 5.91 Å². The molecule has 6 heteroatoms. The Labute approximate surface area is 118 Å². The van der Waals surface area contributed by atoms with Gasteiger partial charge in [-0.05, 0) is 43.0 Å². The lowest BCUT2D eigenvalue weighted by Crippen LogP contribution is -2.43. The average Bonchev–Trinajstić information content (AvgIpc) is 3.11. The maximum absolute atomic E-state index is 13.1. The molecule has 1 saturated carbocycles. The van der Waals surface area contributed by atoms with Crippen molar-refractivity contribution < 1.29 is 19.1 Å². The van der Waals surface area contributed by atoms with Crippen molar-refractivity contribution in [1.29, 1.82) is 0 Å². The number of halogens is 2. The van der Waals surface area contributed by atoms with E-state index < -0.39 is 11.5 Å². The van der Waals surface area contributed by atoms with E-state index in [1.54, 1.807) is 6.07 Å². The number of rotatable bonds is 5. The maximum atomic E-state index is 13.1. The molecule has 1 fully saturated rings. The van der Waals surface area contributed by atoms with Crippen LogP contribution in [0, 0.1) is 5.82 Å². The van der Waals surface area contributed by atoms with Crippen LogP contribution in [0.4, 0.5) is 4.39 Å². The topological polar surface area (TPSA) is 66.4 Å². The van der Waals surface area contributed by atoms with Crippen molar-refractivity contribution in [3.8, 4) is 0 Å². The lowest BCUT2D eigenvalue weighted by Gasteiger charge is -2.12. The number of carboxylic acid groups (broad SMARTS) is 1. The number of hydrogen-bond donors (Lipinski definition) is 2. The van der Waals surface area contributed by atoms with Gasteiger partial charge in [0, 0.05) is 10.9 Å². The van der Waals surface area contributed by atoms with Crippen LogP contribution in [-0.4, -0.2) is 22.5 Å². The molecular formula is C13H13BrFNO3. The summed E-state index contributed by atoms with van der Waals surface area (Å²) in [7, 11) is 0. The summed E-state index contributed by atoms with van der Waals surface area (Å²) in [4.78, 5) is 22.6. The number of benzene rings is 1. The second-order valence-corrected chi connectivity index (χ2v) is 5.53. The lowest BCUT2D eigenvalue weighted by molar-refractivity contribution is -0.143. The molecule has 0 atom stereocenters.